The van der Waals surface area contributed by atoms with E-state index in [1.165, 1.54) is 23.5 Å². The second-order valence-electron chi connectivity index (χ2n) is 4.76. The summed E-state index contributed by atoms with van der Waals surface area (Å²) in [5.74, 6) is 0. The van der Waals surface area contributed by atoms with E-state index >= 15 is 0 Å². The third kappa shape index (κ3) is 3.95. The Morgan fingerprint density at radius 3 is 2.54 bits per heavy atom. The van der Waals surface area contributed by atoms with E-state index in [0.717, 1.165) is 16.8 Å². The summed E-state index contributed by atoms with van der Waals surface area (Å²) in [5, 5.41) is 17.9. The van der Waals surface area contributed by atoms with Crippen LogP contribution in [0.1, 0.15) is 5.56 Å². The van der Waals surface area contributed by atoms with E-state index in [4.69, 9.17) is 11.6 Å². The number of nitrogens with zero attached hydrogens (tertiary/aromatic N) is 3. The molecule has 2 aromatic carbocycles. The molecule has 0 radical (unpaired) electrons. The molecule has 1 heterocycles. The molecule has 0 bridgehead atoms. The number of anilines is 1. The molecule has 0 aliphatic rings. The first-order valence-corrected chi connectivity index (χ1v) is 8.12. The van der Waals surface area contributed by atoms with Crippen LogP contribution in [0.25, 0.3) is 11.3 Å². The van der Waals surface area contributed by atoms with Gasteiger partial charge in [-0.2, -0.15) is 5.10 Å². The second kappa shape index (κ2) is 7.20. The molecule has 0 unspecified atom stereocenters. The highest BCUT2D eigenvalue weighted by Gasteiger charge is 2.04. The topological polar surface area (TPSA) is 80.4 Å². The highest BCUT2D eigenvalue weighted by molar-refractivity contribution is 7.14. The first-order valence-electron chi connectivity index (χ1n) is 6.87. The maximum Gasteiger partial charge on any atom is 0.269 e. The Bertz CT molecular complexity index is 876. The van der Waals surface area contributed by atoms with Crippen molar-refractivity contribution in [3.05, 3.63) is 74.6 Å². The SMILES string of the molecule is O=[N+]([O-])c1ccc(/C=N/Nc2nc(-c3ccc(Cl)cc3)cs2)cc1. The lowest BCUT2D eigenvalue weighted by atomic mass is 10.2. The van der Waals surface area contributed by atoms with E-state index in [0.29, 0.717) is 10.2 Å². The lowest BCUT2D eigenvalue weighted by Crippen LogP contribution is -1.91. The van der Waals surface area contributed by atoms with Crippen molar-refractivity contribution < 1.29 is 4.92 Å². The summed E-state index contributed by atoms with van der Waals surface area (Å²) in [5.41, 5.74) is 5.46. The molecule has 6 nitrogen and oxygen atoms in total. The molecule has 1 aromatic heterocycles. The predicted octanol–water partition coefficient (Wildman–Crippen LogP) is 4.82. The van der Waals surface area contributed by atoms with Gasteiger partial charge in [0.15, 0.2) is 0 Å². The molecule has 0 saturated heterocycles. The maximum absolute atomic E-state index is 10.6. The number of nitro benzene ring substituents is 1. The number of hydrazone groups is 1. The van der Waals surface area contributed by atoms with Crippen LogP contribution in [0.15, 0.2) is 59.0 Å². The third-order valence-corrected chi connectivity index (χ3v) is 4.12. The maximum atomic E-state index is 10.6. The molecule has 0 atom stereocenters. The first kappa shape index (κ1) is 16.1. The molecule has 0 fully saturated rings. The van der Waals surface area contributed by atoms with Gasteiger partial charge in [0.1, 0.15) is 0 Å². The summed E-state index contributed by atoms with van der Waals surface area (Å²) in [6.45, 7) is 0. The molecule has 1 N–H and O–H groups in total. The molecule has 120 valence electrons. The Balaban J connectivity index is 1.64. The Kier molecular flexibility index (Phi) is 4.83. The van der Waals surface area contributed by atoms with Crippen molar-refractivity contribution in [2.75, 3.05) is 5.43 Å². The molecule has 0 spiro atoms. The number of hydrogen-bond donors (Lipinski definition) is 1. The fourth-order valence-corrected chi connectivity index (χ4v) is 2.72. The Morgan fingerprint density at radius 2 is 1.88 bits per heavy atom. The van der Waals surface area contributed by atoms with Crippen molar-refractivity contribution in [3.8, 4) is 11.3 Å². The van der Waals surface area contributed by atoms with Crippen LogP contribution in [0.2, 0.25) is 5.02 Å². The molecule has 0 amide bonds. The molecule has 24 heavy (non-hydrogen) atoms. The molecule has 0 aliphatic heterocycles. The predicted molar refractivity (Wildman–Crippen MR) is 96.9 cm³/mol. The van der Waals surface area contributed by atoms with Gasteiger partial charge in [-0.05, 0) is 29.8 Å². The summed E-state index contributed by atoms with van der Waals surface area (Å²) >= 11 is 7.30. The van der Waals surface area contributed by atoms with Crippen LogP contribution in [0.4, 0.5) is 10.8 Å². The van der Waals surface area contributed by atoms with Crippen LogP contribution in [0.3, 0.4) is 0 Å². The summed E-state index contributed by atoms with van der Waals surface area (Å²) in [4.78, 5) is 14.6. The van der Waals surface area contributed by atoms with Crippen LogP contribution < -0.4 is 5.43 Å². The number of rotatable bonds is 5. The van der Waals surface area contributed by atoms with Crippen LogP contribution in [-0.4, -0.2) is 16.1 Å². The zero-order valence-corrected chi connectivity index (χ0v) is 13.8. The van der Waals surface area contributed by atoms with Gasteiger partial charge in [-0.3, -0.25) is 15.5 Å². The van der Waals surface area contributed by atoms with Gasteiger partial charge in [0.2, 0.25) is 5.13 Å². The zero-order valence-electron chi connectivity index (χ0n) is 12.2. The zero-order chi connectivity index (χ0) is 16.9. The van der Waals surface area contributed by atoms with Gasteiger partial charge in [0.25, 0.3) is 5.69 Å². The van der Waals surface area contributed by atoms with Crippen molar-refractivity contribution in [1.29, 1.82) is 0 Å². The summed E-state index contributed by atoms with van der Waals surface area (Å²) < 4.78 is 0. The summed E-state index contributed by atoms with van der Waals surface area (Å²) in [6, 6.07) is 13.6. The number of hydrogen-bond acceptors (Lipinski definition) is 6. The van der Waals surface area contributed by atoms with Crippen LogP contribution in [-0.2, 0) is 0 Å². The van der Waals surface area contributed by atoms with Crippen LogP contribution >= 0.6 is 22.9 Å². The van der Waals surface area contributed by atoms with E-state index in [1.807, 2.05) is 29.6 Å². The van der Waals surface area contributed by atoms with E-state index in [-0.39, 0.29) is 5.69 Å². The van der Waals surface area contributed by atoms with Gasteiger partial charge in [0.05, 0.1) is 16.8 Å². The van der Waals surface area contributed by atoms with E-state index in [2.05, 4.69) is 15.5 Å². The lowest BCUT2D eigenvalue weighted by Gasteiger charge is -1.97. The van der Waals surface area contributed by atoms with E-state index in [1.54, 1.807) is 18.3 Å². The Morgan fingerprint density at radius 1 is 1.17 bits per heavy atom. The average molecular weight is 359 g/mol. The molecule has 0 saturated carbocycles. The lowest BCUT2D eigenvalue weighted by molar-refractivity contribution is -0.384. The molecule has 8 heteroatoms. The van der Waals surface area contributed by atoms with Crippen molar-refractivity contribution in [2.45, 2.75) is 0 Å². The fourth-order valence-electron chi connectivity index (χ4n) is 1.92. The first-order chi connectivity index (χ1) is 11.6. The van der Waals surface area contributed by atoms with Crippen molar-refractivity contribution in [1.82, 2.24) is 4.98 Å². The quantitative estimate of drug-likeness (QED) is 0.403. The highest BCUT2D eigenvalue weighted by atomic mass is 35.5. The van der Waals surface area contributed by atoms with Crippen LogP contribution in [0.5, 0.6) is 0 Å². The molecule has 3 aromatic rings. The number of nitrogens with one attached hydrogen (secondary N) is 1. The number of non-ortho nitro benzene ring substituents is 1. The largest absolute Gasteiger partial charge is 0.269 e. The summed E-state index contributed by atoms with van der Waals surface area (Å²) in [7, 11) is 0. The van der Waals surface area contributed by atoms with E-state index < -0.39 is 4.92 Å². The van der Waals surface area contributed by atoms with Gasteiger partial charge in [-0.25, -0.2) is 4.98 Å². The molecule has 0 aliphatic carbocycles. The van der Waals surface area contributed by atoms with Crippen LogP contribution in [0, 0.1) is 10.1 Å². The molecular formula is C16H11ClN4O2S. The summed E-state index contributed by atoms with van der Waals surface area (Å²) in [6.07, 6.45) is 1.58. The normalized spacial score (nSPS) is 10.9. The average Bonchev–Trinajstić information content (AvgIpc) is 3.05. The van der Waals surface area contributed by atoms with Gasteiger partial charge in [-0.15, -0.1) is 11.3 Å². The van der Waals surface area contributed by atoms with Crippen molar-refractivity contribution in [2.24, 2.45) is 5.10 Å². The van der Waals surface area contributed by atoms with E-state index in [9.17, 15) is 10.1 Å². The number of halogens is 1. The minimum Gasteiger partial charge on any atom is -0.258 e. The number of benzene rings is 2. The molecular weight excluding hydrogens is 348 g/mol. The molecule has 3 rings (SSSR count). The second-order valence-corrected chi connectivity index (χ2v) is 6.06. The van der Waals surface area contributed by atoms with Crippen molar-refractivity contribution in [3.63, 3.8) is 0 Å². The van der Waals surface area contributed by atoms with Gasteiger partial charge in [-0.1, -0.05) is 23.7 Å². The number of thiazole rings is 1. The highest BCUT2D eigenvalue weighted by Crippen LogP contribution is 2.25. The monoisotopic (exact) mass is 358 g/mol. The number of nitro groups is 1. The Hall–Kier alpha value is -2.77. The standard InChI is InChI=1S/C16H11ClN4O2S/c17-13-5-3-12(4-6-13)15-10-24-16(19-15)20-18-9-11-1-7-14(8-2-11)21(22)23/h1-10H,(H,19,20)/b18-9+. The number of aromatic nitrogens is 1. The smallest absolute Gasteiger partial charge is 0.258 e. The third-order valence-electron chi connectivity index (χ3n) is 3.12. The fraction of sp³-hybridized carbons (Fsp3) is 0. The minimum absolute atomic E-state index is 0.0487. The Labute approximate surface area is 146 Å². The van der Waals surface area contributed by atoms with Crippen molar-refractivity contribution >= 4 is 40.0 Å². The van der Waals surface area contributed by atoms with Gasteiger partial charge in [0, 0.05) is 28.1 Å². The minimum atomic E-state index is -0.437. The van der Waals surface area contributed by atoms with Gasteiger partial charge >= 0.3 is 0 Å². The van der Waals surface area contributed by atoms with Gasteiger partial charge < -0.3 is 0 Å².